The molecule has 0 atom stereocenters. The van der Waals surface area contributed by atoms with Gasteiger partial charge in [-0.2, -0.15) is 0 Å². The molecule has 0 aromatic heterocycles. The summed E-state index contributed by atoms with van der Waals surface area (Å²) in [5.74, 6) is 0. The first-order valence-corrected chi connectivity index (χ1v) is 1.28. The third-order valence-electron chi connectivity index (χ3n) is 0. The average Bonchev–Trinajstić information content (AvgIpc) is 1.70. The molecule has 7 heteroatoms. The molecule has 0 unspecified atom stereocenters. The van der Waals surface area contributed by atoms with Gasteiger partial charge in [0, 0.05) is 0 Å². The van der Waals surface area contributed by atoms with Crippen molar-refractivity contribution in [3.8, 4) is 0 Å². The van der Waals surface area contributed by atoms with Gasteiger partial charge in [0.2, 0.25) is 0 Å². The largest absolute Gasteiger partial charge is 3.00 e. The summed E-state index contributed by atoms with van der Waals surface area (Å²) in [4.78, 5) is 24.7. The number of aliphatic hydroxyl groups excluding tert-OH is 3. The van der Waals surface area contributed by atoms with E-state index in [1.54, 1.807) is 0 Å². The van der Waals surface area contributed by atoms with Gasteiger partial charge in [-0.05, 0) is 0 Å². The molecule has 0 saturated heterocycles. The van der Waals surface area contributed by atoms with Crippen LogP contribution in [0.25, 0.3) is 0 Å². The summed E-state index contributed by atoms with van der Waals surface area (Å²) in [6.07, 6.45) is 0. The van der Waals surface area contributed by atoms with Crippen LogP contribution in [0.3, 0.4) is 0 Å². The summed E-state index contributed by atoms with van der Waals surface area (Å²) >= 11 is 0. The molecule has 10 heavy (non-hydrogen) atoms. The van der Waals surface area contributed by atoms with Gasteiger partial charge in [0.15, 0.2) is 0 Å². The Hall–Kier alpha value is -0.850. The summed E-state index contributed by atoms with van der Waals surface area (Å²) in [7, 11) is 0. The minimum absolute atomic E-state index is 0. The van der Waals surface area contributed by atoms with E-state index in [2.05, 4.69) is 0 Å². The van der Waals surface area contributed by atoms with Crippen LogP contribution < -0.4 is 0 Å². The summed E-state index contributed by atoms with van der Waals surface area (Å²) in [6, 6.07) is 0. The molecule has 0 heterocycles. The van der Waals surface area contributed by atoms with E-state index in [4.69, 9.17) is 29.7 Å². The normalized spacial score (nSPS) is 3.60. The Morgan fingerprint density at radius 1 is 0.700 bits per heavy atom. The van der Waals surface area contributed by atoms with Crippen molar-refractivity contribution in [1.29, 1.82) is 0 Å². The molecule has 0 fully saturated rings. The Morgan fingerprint density at radius 3 is 0.700 bits per heavy atom. The van der Waals surface area contributed by atoms with E-state index in [-0.39, 0.29) is 22.4 Å². The van der Waals surface area contributed by atoms with Crippen LogP contribution in [0.2, 0.25) is 0 Å². The Morgan fingerprint density at radius 2 is 0.700 bits per heavy atom. The first-order valence-electron chi connectivity index (χ1n) is 1.28. The predicted octanol–water partition coefficient (Wildman–Crippen LogP) is -1.17. The summed E-state index contributed by atoms with van der Waals surface area (Å²) in [5.41, 5.74) is 0. The van der Waals surface area contributed by atoms with E-state index in [1.807, 2.05) is 0 Å². The van der Waals surface area contributed by atoms with Crippen LogP contribution in [0.5, 0.6) is 0 Å². The van der Waals surface area contributed by atoms with Crippen LogP contribution in [0.1, 0.15) is 0 Å². The van der Waals surface area contributed by atoms with E-state index < -0.39 is 0 Å². The molecule has 0 aliphatic carbocycles. The summed E-state index contributed by atoms with van der Waals surface area (Å²) in [5, 5.41) is 20.3. The third-order valence-corrected chi connectivity index (χ3v) is 0. The first-order chi connectivity index (χ1) is 4.24. The molecule has 0 aliphatic heterocycles. The van der Waals surface area contributed by atoms with E-state index >= 15 is 0 Å². The molecular formula is C3H3AuO6. The average molecular weight is 332 g/mol. The van der Waals surface area contributed by atoms with Gasteiger partial charge in [-0.3, -0.25) is 0 Å². The second-order valence-electron chi connectivity index (χ2n) is 0.274. The van der Waals surface area contributed by atoms with Crippen molar-refractivity contribution in [2.24, 2.45) is 0 Å². The zero-order valence-corrected chi connectivity index (χ0v) is 6.53. The van der Waals surface area contributed by atoms with Crippen molar-refractivity contribution in [2.45, 2.75) is 0 Å². The van der Waals surface area contributed by atoms with Gasteiger partial charge in [-0.15, -0.1) is 0 Å². The molecule has 0 saturated carbocycles. The fourth-order valence-electron chi connectivity index (χ4n) is 0. The van der Waals surface area contributed by atoms with E-state index in [1.165, 1.54) is 0 Å². The van der Waals surface area contributed by atoms with Crippen molar-refractivity contribution in [2.75, 3.05) is 0 Å². The van der Waals surface area contributed by atoms with Crippen LogP contribution in [0, 0.1) is 0 Å². The molecule has 0 rings (SSSR count). The van der Waals surface area contributed by atoms with Crippen LogP contribution in [-0.2, 0) is 36.8 Å². The third kappa shape index (κ3) is 375. The number of hydrogen-bond acceptors (Lipinski definition) is 3. The molecule has 0 spiro atoms. The quantitative estimate of drug-likeness (QED) is 0.381. The standard InChI is InChI=1S/3CHO2.Au/c3*2-1-3;/h3*(H,2,3);/q3*-1;+3. The van der Waals surface area contributed by atoms with Gasteiger partial charge in [0.1, 0.15) is 0 Å². The van der Waals surface area contributed by atoms with Crippen molar-refractivity contribution in [3.63, 3.8) is 0 Å². The van der Waals surface area contributed by atoms with E-state index in [0.29, 0.717) is 19.4 Å². The Labute approximate surface area is 72.0 Å². The molecule has 0 amide bonds. The maximum absolute atomic E-state index is 8.24. The van der Waals surface area contributed by atoms with Gasteiger partial charge in [0.25, 0.3) is 0 Å². The summed E-state index contributed by atoms with van der Waals surface area (Å²) < 4.78 is 0. The summed E-state index contributed by atoms with van der Waals surface area (Å²) in [6.45, 7) is 1.50. The SMILES string of the molecule is O=[C-]O.O=[C-]O.O=[C-]O.[Au+3]. The molecule has 0 aromatic rings. The Balaban J connectivity index is -0.0000000257. The van der Waals surface area contributed by atoms with Crippen molar-refractivity contribution in [3.05, 3.63) is 0 Å². The van der Waals surface area contributed by atoms with Crippen LogP contribution >= 0.6 is 0 Å². The number of hydrogen-bond donors (Lipinski definition) is 3. The van der Waals surface area contributed by atoms with Crippen LogP contribution in [-0.4, -0.2) is 34.7 Å². The smallest absolute Gasteiger partial charge is 0.665 e. The molecule has 62 valence electrons. The van der Waals surface area contributed by atoms with Crippen LogP contribution in [0.4, 0.5) is 0 Å². The molecule has 0 radical (unpaired) electrons. The fraction of sp³-hybridized carbons (Fsp3) is 0. The minimum Gasteiger partial charge on any atom is -0.665 e. The maximum Gasteiger partial charge on any atom is 3.00 e. The molecule has 6 nitrogen and oxygen atoms in total. The van der Waals surface area contributed by atoms with Crippen molar-refractivity contribution in [1.82, 2.24) is 0 Å². The monoisotopic (exact) mass is 332 g/mol. The molecule has 3 N–H and O–H groups in total. The van der Waals surface area contributed by atoms with Gasteiger partial charge >= 0.3 is 22.4 Å². The minimum atomic E-state index is 0. The Bertz CT molecular complexity index is 49.7. The number of rotatable bonds is 0. The van der Waals surface area contributed by atoms with Gasteiger partial charge < -0.3 is 29.7 Å². The molecule has 0 aromatic carbocycles. The van der Waals surface area contributed by atoms with Gasteiger partial charge in [-0.25, -0.2) is 0 Å². The van der Waals surface area contributed by atoms with Gasteiger partial charge in [0.05, 0.1) is 0 Å². The van der Waals surface area contributed by atoms with Gasteiger partial charge in [-0.1, -0.05) is 19.4 Å². The zero-order valence-electron chi connectivity index (χ0n) is 4.37. The zero-order chi connectivity index (χ0) is 8.12. The second kappa shape index (κ2) is 90.1. The molecular weight excluding hydrogens is 329 g/mol. The first kappa shape index (κ1) is 22.9. The molecule has 0 aliphatic rings. The maximum atomic E-state index is 8.24. The van der Waals surface area contributed by atoms with E-state index in [9.17, 15) is 0 Å². The fourth-order valence-corrected chi connectivity index (χ4v) is 0. The topological polar surface area (TPSA) is 112 Å². The Kier molecular flexibility index (Phi) is 207. The predicted molar refractivity (Wildman–Crippen MR) is 25.0 cm³/mol. The van der Waals surface area contributed by atoms with Crippen molar-refractivity contribution >= 4 is 19.4 Å². The van der Waals surface area contributed by atoms with Crippen LogP contribution in [0.15, 0.2) is 0 Å². The second-order valence-corrected chi connectivity index (χ2v) is 0.274. The van der Waals surface area contributed by atoms with E-state index in [0.717, 1.165) is 0 Å². The van der Waals surface area contributed by atoms with Crippen molar-refractivity contribution < 1.29 is 52.1 Å². The molecule has 0 bridgehead atoms.